The van der Waals surface area contributed by atoms with E-state index in [-0.39, 0.29) is 23.7 Å². The second kappa shape index (κ2) is 7.78. The molecule has 106 valence electrons. The Labute approximate surface area is 123 Å². The van der Waals surface area contributed by atoms with E-state index in [1.54, 1.807) is 17.8 Å². The molecule has 0 saturated carbocycles. The van der Waals surface area contributed by atoms with E-state index in [9.17, 15) is 4.79 Å². The smallest absolute Gasteiger partial charge is 0.237 e. The maximum absolute atomic E-state index is 12.0. The third-order valence-electron chi connectivity index (χ3n) is 2.84. The minimum atomic E-state index is -0.160. The average Bonchev–Trinajstić information content (AvgIpc) is 2.40. The third kappa shape index (κ3) is 5.05. The molecule has 0 aliphatic carbocycles. The van der Waals surface area contributed by atoms with Crippen LogP contribution in [0.1, 0.15) is 19.4 Å². The fourth-order valence-electron chi connectivity index (χ4n) is 1.41. The standard InChI is InChI=1S/C14H20ClNO2S/c1-9(7-17)8-19-11(3)14(18)16-13-6-4-5-12(15)10(13)2/h4-6,9,11,17H,7-8H2,1-3H3,(H,16,18)/t9-,11+/m0/s1. The van der Waals surface area contributed by atoms with Gasteiger partial charge in [-0.05, 0) is 43.2 Å². The number of amides is 1. The van der Waals surface area contributed by atoms with Crippen LogP contribution in [0, 0.1) is 12.8 Å². The van der Waals surface area contributed by atoms with Crippen molar-refractivity contribution in [2.24, 2.45) is 5.92 Å². The van der Waals surface area contributed by atoms with E-state index in [2.05, 4.69) is 5.32 Å². The molecule has 0 aliphatic rings. The van der Waals surface area contributed by atoms with Crippen LogP contribution < -0.4 is 5.32 Å². The summed E-state index contributed by atoms with van der Waals surface area (Å²) in [6.07, 6.45) is 0. The molecule has 0 saturated heterocycles. The first-order valence-corrected chi connectivity index (χ1v) is 7.66. The lowest BCUT2D eigenvalue weighted by molar-refractivity contribution is -0.115. The Morgan fingerprint density at radius 3 is 2.79 bits per heavy atom. The number of halogens is 1. The summed E-state index contributed by atoms with van der Waals surface area (Å²) in [6, 6.07) is 5.46. The zero-order valence-corrected chi connectivity index (χ0v) is 13.0. The van der Waals surface area contributed by atoms with Crippen molar-refractivity contribution in [1.82, 2.24) is 0 Å². The van der Waals surface area contributed by atoms with Gasteiger partial charge in [0.25, 0.3) is 0 Å². The monoisotopic (exact) mass is 301 g/mol. The van der Waals surface area contributed by atoms with Gasteiger partial charge in [0.15, 0.2) is 0 Å². The number of aliphatic hydroxyl groups excluding tert-OH is 1. The SMILES string of the molecule is Cc1c(Cl)cccc1NC(=O)[C@@H](C)SC[C@@H](C)CO. The Morgan fingerprint density at radius 2 is 2.16 bits per heavy atom. The first-order valence-electron chi connectivity index (χ1n) is 6.24. The van der Waals surface area contributed by atoms with E-state index in [1.165, 1.54) is 0 Å². The number of benzene rings is 1. The number of carbonyl (C=O) groups is 1. The molecule has 1 aromatic carbocycles. The van der Waals surface area contributed by atoms with Gasteiger partial charge in [-0.25, -0.2) is 0 Å². The molecule has 0 radical (unpaired) electrons. The summed E-state index contributed by atoms with van der Waals surface area (Å²) in [7, 11) is 0. The molecule has 5 heteroatoms. The molecule has 1 aromatic rings. The molecule has 2 atom stereocenters. The van der Waals surface area contributed by atoms with E-state index in [0.29, 0.717) is 5.02 Å². The van der Waals surface area contributed by atoms with Crippen molar-refractivity contribution in [2.75, 3.05) is 17.7 Å². The predicted molar refractivity (Wildman–Crippen MR) is 83.0 cm³/mol. The van der Waals surface area contributed by atoms with Gasteiger partial charge in [-0.1, -0.05) is 24.6 Å². The number of anilines is 1. The van der Waals surface area contributed by atoms with Crippen molar-refractivity contribution < 1.29 is 9.90 Å². The van der Waals surface area contributed by atoms with Gasteiger partial charge in [0.1, 0.15) is 0 Å². The lowest BCUT2D eigenvalue weighted by Gasteiger charge is -2.15. The van der Waals surface area contributed by atoms with Gasteiger partial charge >= 0.3 is 0 Å². The Balaban J connectivity index is 2.56. The average molecular weight is 302 g/mol. The van der Waals surface area contributed by atoms with Crippen LogP contribution in [0.25, 0.3) is 0 Å². The molecule has 0 spiro atoms. The van der Waals surface area contributed by atoms with Crippen LogP contribution in [0.3, 0.4) is 0 Å². The van der Waals surface area contributed by atoms with E-state index < -0.39 is 0 Å². The Bertz CT molecular complexity index is 439. The molecular formula is C14H20ClNO2S. The highest BCUT2D eigenvalue weighted by Crippen LogP contribution is 2.24. The summed E-state index contributed by atoms with van der Waals surface area (Å²) < 4.78 is 0. The zero-order valence-electron chi connectivity index (χ0n) is 11.4. The zero-order chi connectivity index (χ0) is 14.4. The van der Waals surface area contributed by atoms with Gasteiger partial charge in [-0.2, -0.15) is 0 Å². The normalized spacial score (nSPS) is 13.9. The predicted octanol–water partition coefficient (Wildman–Crippen LogP) is 3.34. The molecule has 2 N–H and O–H groups in total. The number of thioether (sulfide) groups is 1. The quantitative estimate of drug-likeness (QED) is 0.847. The van der Waals surface area contributed by atoms with Gasteiger partial charge in [-0.3, -0.25) is 4.79 Å². The Hall–Kier alpha value is -0.710. The Kier molecular flexibility index (Phi) is 6.69. The highest BCUT2D eigenvalue weighted by atomic mass is 35.5. The molecule has 0 unspecified atom stereocenters. The Morgan fingerprint density at radius 1 is 1.47 bits per heavy atom. The van der Waals surface area contributed by atoms with Gasteiger partial charge in [0, 0.05) is 17.3 Å². The van der Waals surface area contributed by atoms with Gasteiger partial charge in [-0.15, -0.1) is 11.8 Å². The highest BCUT2D eigenvalue weighted by molar-refractivity contribution is 8.00. The molecule has 0 aromatic heterocycles. The van der Waals surface area contributed by atoms with Gasteiger partial charge < -0.3 is 10.4 Å². The molecule has 0 aliphatic heterocycles. The fraction of sp³-hybridized carbons (Fsp3) is 0.500. The second-order valence-electron chi connectivity index (χ2n) is 4.66. The van der Waals surface area contributed by atoms with Crippen LogP contribution in [-0.4, -0.2) is 28.6 Å². The summed E-state index contributed by atoms with van der Waals surface area (Å²) in [5.74, 6) is 0.924. The molecule has 0 bridgehead atoms. The minimum absolute atomic E-state index is 0.0412. The number of aliphatic hydroxyl groups is 1. The maximum Gasteiger partial charge on any atom is 0.237 e. The third-order valence-corrected chi connectivity index (χ3v) is 4.72. The van der Waals surface area contributed by atoms with Crippen LogP contribution in [-0.2, 0) is 4.79 Å². The summed E-state index contributed by atoms with van der Waals surface area (Å²) in [6.45, 7) is 5.85. The van der Waals surface area contributed by atoms with E-state index in [1.807, 2.05) is 32.9 Å². The number of rotatable bonds is 6. The fourth-order valence-corrected chi connectivity index (χ4v) is 2.52. The highest BCUT2D eigenvalue weighted by Gasteiger charge is 2.16. The van der Waals surface area contributed by atoms with Gasteiger partial charge in [0.05, 0.1) is 5.25 Å². The lowest BCUT2D eigenvalue weighted by atomic mass is 10.2. The van der Waals surface area contributed by atoms with Crippen molar-refractivity contribution >= 4 is 35.0 Å². The summed E-state index contributed by atoms with van der Waals surface area (Å²) in [5.41, 5.74) is 1.62. The van der Waals surface area contributed by atoms with Crippen molar-refractivity contribution in [2.45, 2.75) is 26.0 Å². The number of carbonyl (C=O) groups excluding carboxylic acids is 1. The molecule has 0 fully saturated rings. The van der Waals surface area contributed by atoms with E-state index >= 15 is 0 Å². The first kappa shape index (κ1) is 16.3. The van der Waals surface area contributed by atoms with Crippen LogP contribution in [0.4, 0.5) is 5.69 Å². The minimum Gasteiger partial charge on any atom is -0.396 e. The molecule has 19 heavy (non-hydrogen) atoms. The number of hydrogen-bond acceptors (Lipinski definition) is 3. The molecular weight excluding hydrogens is 282 g/mol. The summed E-state index contributed by atoms with van der Waals surface area (Å²) in [5, 5.41) is 12.3. The largest absolute Gasteiger partial charge is 0.396 e. The topological polar surface area (TPSA) is 49.3 Å². The van der Waals surface area contributed by atoms with E-state index in [0.717, 1.165) is 17.0 Å². The number of hydrogen-bond donors (Lipinski definition) is 2. The first-order chi connectivity index (χ1) is 8.95. The van der Waals surface area contributed by atoms with Crippen LogP contribution >= 0.6 is 23.4 Å². The summed E-state index contributed by atoms with van der Waals surface area (Å²) >= 11 is 7.56. The molecule has 3 nitrogen and oxygen atoms in total. The maximum atomic E-state index is 12.0. The second-order valence-corrected chi connectivity index (χ2v) is 6.45. The molecule has 1 rings (SSSR count). The summed E-state index contributed by atoms with van der Waals surface area (Å²) in [4.78, 5) is 12.0. The molecule has 1 amide bonds. The van der Waals surface area contributed by atoms with Crippen LogP contribution in [0.15, 0.2) is 18.2 Å². The van der Waals surface area contributed by atoms with Crippen molar-refractivity contribution in [3.8, 4) is 0 Å². The van der Waals surface area contributed by atoms with Crippen LogP contribution in [0.2, 0.25) is 5.02 Å². The van der Waals surface area contributed by atoms with Crippen molar-refractivity contribution in [3.05, 3.63) is 28.8 Å². The number of nitrogens with one attached hydrogen (secondary N) is 1. The lowest BCUT2D eigenvalue weighted by Crippen LogP contribution is -2.24. The van der Waals surface area contributed by atoms with Crippen molar-refractivity contribution in [1.29, 1.82) is 0 Å². The molecule has 0 heterocycles. The van der Waals surface area contributed by atoms with Gasteiger partial charge in [0.2, 0.25) is 5.91 Å². The van der Waals surface area contributed by atoms with Crippen molar-refractivity contribution in [3.63, 3.8) is 0 Å². The van der Waals surface area contributed by atoms with E-state index in [4.69, 9.17) is 16.7 Å². The van der Waals surface area contributed by atoms with Crippen LogP contribution in [0.5, 0.6) is 0 Å².